The summed E-state index contributed by atoms with van der Waals surface area (Å²) in [6.45, 7) is 3.39. The Morgan fingerprint density at radius 2 is 1.74 bits per heavy atom. The number of amides is 1. The van der Waals surface area contributed by atoms with Crippen molar-refractivity contribution in [1.82, 2.24) is 9.88 Å². The number of rotatable bonds is 5. The van der Waals surface area contributed by atoms with Crippen LogP contribution >= 0.6 is 0 Å². The fourth-order valence-corrected chi connectivity index (χ4v) is 3.61. The lowest BCUT2D eigenvalue weighted by Gasteiger charge is -2.33. The second kappa shape index (κ2) is 8.61. The molecule has 2 aromatic carbocycles. The van der Waals surface area contributed by atoms with Crippen molar-refractivity contribution < 1.29 is 19.4 Å². The fraction of sp³-hybridized carbons (Fsp3) is 0.261. The number of carboxylic acid groups (broad SMARTS) is 1. The van der Waals surface area contributed by atoms with E-state index in [1.54, 1.807) is 55.6 Å². The van der Waals surface area contributed by atoms with Gasteiger partial charge in [0.1, 0.15) is 11.6 Å². The molecule has 0 radical (unpaired) electrons. The number of methoxy groups -OCH3 is 1. The molecule has 0 spiro atoms. The van der Waals surface area contributed by atoms with Crippen LogP contribution in [-0.2, 0) is 0 Å². The van der Waals surface area contributed by atoms with E-state index in [2.05, 4.69) is 27.1 Å². The molecule has 0 atom stereocenters. The van der Waals surface area contributed by atoms with E-state index in [1.807, 2.05) is 0 Å². The van der Waals surface area contributed by atoms with E-state index in [9.17, 15) is 14.7 Å². The Kier molecular flexibility index (Phi) is 5.73. The summed E-state index contributed by atoms with van der Waals surface area (Å²) in [6.07, 6.45) is 0. The molecule has 31 heavy (non-hydrogen) atoms. The lowest BCUT2D eigenvalue weighted by molar-refractivity contribution is 0.0698. The zero-order valence-corrected chi connectivity index (χ0v) is 17.5. The molecular weight excluding hydrogens is 396 g/mol. The number of benzene rings is 2. The monoisotopic (exact) mass is 420 g/mol. The minimum Gasteiger partial charge on any atom is -0.497 e. The first kappa shape index (κ1) is 20.6. The predicted molar refractivity (Wildman–Crippen MR) is 119 cm³/mol. The van der Waals surface area contributed by atoms with E-state index < -0.39 is 5.97 Å². The average molecular weight is 420 g/mol. The third kappa shape index (κ3) is 4.44. The Morgan fingerprint density at radius 3 is 2.39 bits per heavy atom. The van der Waals surface area contributed by atoms with Crippen molar-refractivity contribution in [3.05, 3.63) is 59.7 Å². The molecule has 8 nitrogen and oxygen atoms in total. The number of anilines is 2. The maximum atomic E-state index is 12.6. The second-order valence-electron chi connectivity index (χ2n) is 7.54. The molecule has 1 aliphatic heterocycles. The van der Waals surface area contributed by atoms with E-state index in [1.165, 1.54) is 0 Å². The van der Waals surface area contributed by atoms with Gasteiger partial charge in [0.15, 0.2) is 0 Å². The number of aromatic nitrogens is 1. The third-order valence-corrected chi connectivity index (χ3v) is 5.46. The Bertz CT molecular complexity index is 1120. The summed E-state index contributed by atoms with van der Waals surface area (Å²) in [5, 5.41) is 13.1. The molecule has 3 aromatic rings. The zero-order chi connectivity index (χ0) is 22.0. The molecule has 1 amide bonds. The highest BCUT2D eigenvalue weighted by molar-refractivity contribution is 6.08. The number of piperazine rings is 1. The van der Waals surface area contributed by atoms with Crippen molar-refractivity contribution in [2.75, 3.05) is 50.6 Å². The van der Waals surface area contributed by atoms with Crippen LogP contribution in [0.5, 0.6) is 5.75 Å². The summed E-state index contributed by atoms with van der Waals surface area (Å²) in [5.41, 5.74) is 1.73. The molecule has 0 unspecified atom stereocenters. The van der Waals surface area contributed by atoms with Crippen molar-refractivity contribution >= 4 is 34.3 Å². The molecule has 0 saturated carbocycles. The smallest absolute Gasteiger partial charge is 0.336 e. The van der Waals surface area contributed by atoms with Gasteiger partial charge in [-0.25, -0.2) is 9.78 Å². The summed E-state index contributed by atoms with van der Waals surface area (Å²) < 4.78 is 5.11. The number of aromatic carboxylic acids is 1. The van der Waals surface area contributed by atoms with Crippen molar-refractivity contribution in [2.24, 2.45) is 0 Å². The number of nitrogens with zero attached hydrogens (tertiary/aromatic N) is 3. The molecule has 1 aliphatic rings. The maximum absolute atomic E-state index is 12.6. The molecule has 160 valence electrons. The summed E-state index contributed by atoms with van der Waals surface area (Å²) in [6, 6.07) is 13.5. The molecule has 1 aromatic heterocycles. The van der Waals surface area contributed by atoms with Gasteiger partial charge in [-0.15, -0.1) is 0 Å². The number of fused-ring (bicyclic) bond motifs is 1. The van der Waals surface area contributed by atoms with E-state index in [4.69, 9.17) is 4.74 Å². The van der Waals surface area contributed by atoms with Crippen molar-refractivity contribution in [3.8, 4) is 5.75 Å². The highest BCUT2D eigenvalue weighted by Gasteiger charge is 2.19. The predicted octanol–water partition coefficient (Wildman–Crippen LogP) is 2.95. The molecule has 0 bridgehead atoms. The van der Waals surface area contributed by atoms with Crippen molar-refractivity contribution in [1.29, 1.82) is 0 Å². The SMILES string of the molecule is COc1ccc(C(=O)Nc2ccc3nc(N4CCN(C)CC4)cc(C(=O)O)c3c2)cc1. The van der Waals surface area contributed by atoms with Gasteiger partial charge in [0, 0.05) is 42.8 Å². The van der Waals surface area contributed by atoms with Crippen LogP contribution in [0.25, 0.3) is 10.9 Å². The second-order valence-corrected chi connectivity index (χ2v) is 7.54. The van der Waals surface area contributed by atoms with Crippen LogP contribution < -0.4 is 15.0 Å². The van der Waals surface area contributed by atoms with Crippen molar-refractivity contribution in [3.63, 3.8) is 0 Å². The molecule has 2 N–H and O–H groups in total. The summed E-state index contributed by atoms with van der Waals surface area (Å²) in [4.78, 5) is 33.5. The summed E-state index contributed by atoms with van der Waals surface area (Å²) >= 11 is 0. The van der Waals surface area contributed by atoms with E-state index in [0.717, 1.165) is 26.2 Å². The van der Waals surface area contributed by atoms with Crippen LogP contribution in [0.3, 0.4) is 0 Å². The topological polar surface area (TPSA) is 95.0 Å². The minimum absolute atomic E-state index is 0.166. The van der Waals surface area contributed by atoms with Crippen LogP contribution in [0.1, 0.15) is 20.7 Å². The average Bonchev–Trinajstić information content (AvgIpc) is 2.78. The van der Waals surface area contributed by atoms with Gasteiger partial charge < -0.3 is 25.0 Å². The van der Waals surface area contributed by atoms with Gasteiger partial charge in [0.05, 0.1) is 18.2 Å². The molecule has 0 aliphatic carbocycles. The van der Waals surface area contributed by atoms with Gasteiger partial charge in [-0.3, -0.25) is 4.79 Å². The van der Waals surface area contributed by atoms with E-state index in [-0.39, 0.29) is 11.5 Å². The number of carboxylic acids is 1. The Morgan fingerprint density at radius 1 is 1.03 bits per heavy atom. The number of likely N-dealkylation sites (N-methyl/N-ethyl adjacent to an activating group) is 1. The molecule has 1 saturated heterocycles. The number of carbonyl (C=O) groups is 2. The standard InChI is InChI=1S/C23H24N4O4/c1-26-9-11-27(12-10-26)21-14-19(23(29)30)18-13-16(5-8-20(18)25-21)24-22(28)15-3-6-17(31-2)7-4-15/h3-8,13-14H,9-12H2,1-2H3,(H,24,28)(H,29,30). The largest absolute Gasteiger partial charge is 0.497 e. The lowest BCUT2D eigenvalue weighted by atomic mass is 10.1. The zero-order valence-electron chi connectivity index (χ0n) is 17.5. The summed E-state index contributed by atoms with van der Waals surface area (Å²) in [5.74, 6) is 0.00547. The molecule has 4 rings (SSSR count). The van der Waals surface area contributed by atoms with Gasteiger partial charge in [0.25, 0.3) is 5.91 Å². The lowest BCUT2D eigenvalue weighted by Crippen LogP contribution is -2.44. The first-order valence-electron chi connectivity index (χ1n) is 10.0. The number of carbonyl (C=O) groups excluding carboxylic acids is 1. The molecule has 2 heterocycles. The number of hydrogen-bond acceptors (Lipinski definition) is 6. The molecule has 1 fully saturated rings. The third-order valence-electron chi connectivity index (χ3n) is 5.46. The van der Waals surface area contributed by atoms with E-state index in [0.29, 0.717) is 33.7 Å². The highest BCUT2D eigenvalue weighted by Crippen LogP contribution is 2.27. The van der Waals surface area contributed by atoms with Crippen LogP contribution in [0.15, 0.2) is 48.5 Å². The van der Waals surface area contributed by atoms with Crippen LogP contribution in [0, 0.1) is 0 Å². The van der Waals surface area contributed by atoms with Gasteiger partial charge in [-0.1, -0.05) is 0 Å². The van der Waals surface area contributed by atoms with Crippen LogP contribution in [0.2, 0.25) is 0 Å². The first-order valence-corrected chi connectivity index (χ1v) is 10.0. The first-order chi connectivity index (χ1) is 14.9. The van der Waals surface area contributed by atoms with Crippen LogP contribution in [0.4, 0.5) is 11.5 Å². The molecule has 8 heteroatoms. The number of pyridine rings is 1. The number of hydrogen-bond donors (Lipinski definition) is 2. The van der Waals surface area contributed by atoms with E-state index >= 15 is 0 Å². The van der Waals surface area contributed by atoms with Crippen LogP contribution in [-0.4, -0.2) is 67.2 Å². The Hall–Kier alpha value is -3.65. The van der Waals surface area contributed by atoms with Gasteiger partial charge in [-0.2, -0.15) is 0 Å². The fourth-order valence-electron chi connectivity index (χ4n) is 3.61. The maximum Gasteiger partial charge on any atom is 0.336 e. The van der Waals surface area contributed by atoms with Gasteiger partial charge >= 0.3 is 5.97 Å². The highest BCUT2D eigenvalue weighted by atomic mass is 16.5. The quantitative estimate of drug-likeness (QED) is 0.655. The number of ether oxygens (including phenoxy) is 1. The number of nitrogens with one attached hydrogen (secondary N) is 1. The minimum atomic E-state index is -1.03. The van der Waals surface area contributed by atoms with Gasteiger partial charge in [-0.05, 0) is 55.6 Å². The van der Waals surface area contributed by atoms with Crippen molar-refractivity contribution in [2.45, 2.75) is 0 Å². The summed E-state index contributed by atoms with van der Waals surface area (Å²) in [7, 11) is 3.63. The molecular formula is C23H24N4O4. The van der Waals surface area contributed by atoms with Gasteiger partial charge in [0.2, 0.25) is 0 Å². The Labute approximate surface area is 180 Å². The Balaban J connectivity index is 1.63. The normalized spacial score (nSPS) is 14.5.